The van der Waals surface area contributed by atoms with Gasteiger partial charge in [0.25, 0.3) is 0 Å². The normalized spacial score (nSPS) is 14.1. The Morgan fingerprint density at radius 2 is 1.58 bits per heavy atom. The van der Waals surface area contributed by atoms with Crippen molar-refractivity contribution in [3.8, 4) is 11.1 Å². The molecule has 0 radical (unpaired) electrons. The van der Waals surface area contributed by atoms with E-state index < -0.39 is 24.3 Å². The molecule has 8 heteroatoms. The molecule has 1 amide bonds. The number of aliphatic hydroxyl groups is 2. The number of ether oxygens (including phenoxy) is 1. The third-order valence-electron chi connectivity index (χ3n) is 5.71. The lowest BCUT2D eigenvalue weighted by Crippen LogP contribution is -2.31. The van der Waals surface area contributed by atoms with Crippen molar-refractivity contribution in [3.05, 3.63) is 89.2 Å². The summed E-state index contributed by atoms with van der Waals surface area (Å²) < 4.78 is 5.44. The van der Waals surface area contributed by atoms with Gasteiger partial charge in [-0.05, 0) is 40.8 Å². The summed E-state index contributed by atoms with van der Waals surface area (Å²) in [6.07, 6.45) is -3.21. The zero-order chi connectivity index (χ0) is 23.4. The Morgan fingerprint density at radius 3 is 2.21 bits per heavy atom. The predicted octanol–water partition coefficient (Wildman–Crippen LogP) is 3.10. The maximum atomic E-state index is 12.2. The number of nitrogens with one attached hydrogen (secondary N) is 1. The lowest BCUT2D eigenvalue weighted by atomic mass is 9.98. The van der Waals surface area contributed by atoms with Crippen LogP contribution in [0, 0.1) is 0 Å². The topological polar surface area (TPSA) is 129 Å². The Balaban J connectivity index is 1.28. The van der Waals surface area contributed by atoms with E-state index in [0.717, 1.165) is 22.3 Å². The Hall–Kier alpha value is -3.75. The molecule has 0 saturated heterocycles. The van der Waals surface area contributed by atoms with Gasteiger partial charge in [0.15, 0.2) is 0 Å². The summed E-state index contributed by atoms with van der Waals surface area (Å²) in [5.41, 5.74) is 4.32. The van der Waals surface area contributed by atoms with Gasteiger partial charge in [0, 0.05) is 12.5 Å². The minimum atomic E-state index is -1.38. The highest BCUT2D eigenvalue weighted by Gasteiger charge is 2.29. The Bertz CT molecular complexity index is 1120. The van der Waals surface area contributed by atoms with Crippen LogP contribution in [0.5, 0.6) is 0 Å². The Labute approximate surface area is 190 Å². The van der Waals surface area contributed by atoms with Crippen LogP contribution in [0.1, 0.15) is 45.8 Å². The van der Waals surface area contributed by atoms with Crippen LogP contribution in [0.15, 0.2) is 66.7 Å². The molecule has 1 aliphatic rings. The van der Waals surface area contributed by atoms with Gasteiger partial charge < -0.3 is 25.4 Å². The molecule has 0 bridgehead atoms. The smallest absolute Gasteiger partial charge is 0.407 e. The Morgan fingerprint density at radius 1 is 0.939 bits per heavy atom. The second-order valence-electron chi connectivity index (χ2n) is 7.81. The number of carboxylic acid groups (broad SMARTS) is 1. The summed E-state index contributed by atoms with van der Waals surface area (Å²) in [7, 11) is 0. The van der Waals surface area contributed by atoms with Crippen molar-refractivity contribution < 1.29 is 29.6 Å². The number of aromatic nitrogens is 1. The molecule has 3 aromatic rings. The Kier molecular flexibility index (Phi) is 6.67. The van der Waals surface area contributed by atoms with Crippen LogP contribution in [0.2, 0.25) is 0 Å². The first-order valence-corrected chi connectivity index (χ1v) is 10.6. The third kappa shape index (κ3) is 4.87. The summed E-state index contributed by atoms with van der Waals surface area (Å²) >= 11 is 0. The average molecular weight is 448 g/mol. The third-order valence-corrected chi connectivity index (χ3v) is 5.71. The van der Waals surface area contributed by atoms with E-state index in [4.69, 9.17) is 9.84 Å². The van der Waals surface area contributed by atoms with Crippen LogP contribution in [0.4, 0.5) is 4.79 Å². The molecule has 4 N–H and O–H groups in total. The van der Waals surface area contributed by atoms with Gasteiger partial charge in [0.2, 0.25) is 0 Å². The van der Waals surface area contributed by atoms with Crippen LogP contribution in [0.3, 0.4) is 0 Å². The standard InChI is InChI=1S/C25H24N2O6/c28-22(23(29)20-10-5-11-21(27-20)24(30)31)12-13-26-25(32)33-14-19-17-8-3-1-6-15(17)16-7-2-4-9-18(16)19/h1-11,19,22-23,28-29H,12-14H2,(H,26,32)(H,30,31). The zero-order valence-electron chi connectivity index (χ0n) is 17.7. The van der Waals surface area contributed by atoms with Gasteiger partial charge in [-0.3, -0.25) is 0 Å². The highest BCUT2D eigenvalue weighted by Crippen LogP contribution is 2.44. The fourth-order valence-corrected chi connectivity index (χ4v) is 4.06. The summed E-state index contributed by atoms with van der Waals surface area (Å²) in [5.74, 6) is -1.28. The number of pyridine rings is 1. The number of fused-ring (bicyclic) bond motifs is 3. The van der Waals surface area contributed by atoms with Gasteiger partial charge in [-0.25, -0.2) is 14.6 Å². The summed E-state index contributed by atoms with van der Waals surface area (Å²) in [6.45, 7) is 0.241. The van der Waals surface area contributed by atoms with Crippen LogP contribution >= 0.6 is 0 Å². The van der Waals surface area contributed by atoms with Crippen molar-refractivity contribution in [1.29, 1.82) is 0 Å². The number of carbonyl (C=O) groups excluding carboxylic acids is 1. The fourth-order valence-electron chi connectivity index (χ4n) is 4.06. The van der Waals surface area contributed by atoms with Crippen molar-refractivity contribution in [2.75, 3.05) is 13.2 Å². The number of carbonyl (C=O) groups is 2. The molecule has 0 saturated carbocycles. The molecule has 0 spiro atoms. The lowest BCUT2D eigenvalue weighted by Gasteiger charge is -2.18. The molecule has 0 aliphatic heterocycles. The molecular formula is C25H24N2O6. The lowest BCUT2D eigenvalue weighted by molar-refractivity contribution is 0.0110. The van der Waals surface area contributed by atoms with Crippen LogP contribution in [-0.4, -0.2) is 51.6 Å². The molecule has 1 aliphatic carbocycles. The second-order valence-corrected chi connectivity index (χ2v) is 7.81. The highest BCUT2D eigenvalue weighted by molar-refractivity contribution is 5.85. The molecule has 2 aromatic carbocycles. The number of carboxylic acids is 1. The van der Waals surface area contributed by atoms with Crippen molar-refractivity contribution in [3.63, 3.8) is 0 Å². The summed E-state index contributed by atoms with van der Waals surface area (Å²) in [6, 6.07) is 20.2. The number of benzene rings is 2. The predicted molar refractivity (Wildman–Crippen MR) is 120 cm³/mol. The molecule has 4 rings (SSSR count). The molecule has 8 nitrogen and oxygen atoms in total. The van der Waals surface area contributed by atoms with E-state index in [0.29, 0.717) is 0 Å². The molecule has 0 fully saturated rings. The van der Waals surface area contributed by atoms with E-state index in [1.807, 2.05) is 36.4 Å². The number of aliphatic hydroxyl groups excluding tert-OH is 2. The first-order chi connectivity index (χ1) is 16.0. The van der Waals surface area contributed by atoms with Gasteiger partial charge in [0.1, 0.15) is 18.4 Å². The van der Waals surface area contributed by atoms with E-state index in [2.05, 4.69) is 22.4 Å². The molecule has 2 unspecified atom stereocenters. The van der Waals surface area contributed by atoms with E-state index >= 15 is 0 Å². The maximum absolute atomic E-state index is 12.2. The van der Waals surface area contributed by atoms with Gasteiger partial charge in [-0.1, -0.05) is 54.6 Å². The molecule has 2 atom stereocenters. The minimum absolute atomic E-state index is 0.0321. The van der Waals surface area contributed by atoms with Crippen LogP contribution in [-0.2, 0) is 4.74 Å². The number of alkyl carbamates (subject to hydrolysis) is 1. The van der Waals surface area contributed by atoms with Gasteiger partial charge >= 0.3 is 12.1 Å². The summed E-state index contributed by atoms with van der Waals surface area (Å²) in [5, 5.41) is 32.0. The van der Waals surface area contributed by atoms with E-state index in [9.17, 15) is 19.8 Å². The van der Waals surface area contributed by atoms with E-state index in [1.54, 1.807) is 0 Å². The monoisotopic (exact) mass is 448 g/mol. The van der Waals surface area contributed by atoms with Crippen LogP contribution < -0.4 is 5.32 Å². The van der Waals surface area contributed by atoms with Gasteiger partial charge in [-0.2, -0.15) is 0 Å². The quantitative estimate of drug-likeness (QED) is 0.417. The molecule has 170 valence electrons. The van der Waals surface area contributed by atoms with E-state index in [1.165, 1.54) is 18.2 Å². The van der Waals surface area contributed by atoms with Crippen molar-refractivity contribution in [2.24, 2.45) is 0 Å². The number of hydrogen-bond acceptors (Lipinski definition) is 6. The SMILES string of the molecule is O=C(NCCC(O)C(O)c1cccc(C(=O)O)n1)OCC1c2ccccc2-c2ccccc21. The number of aromatic carboxylic acids is 1. The van der Waals surface area contributed by atoms with Gasteiger partial charge in [-0.15, -0.1) is 0 Å². The first-order valence-electron chi connectivity index (χ1n) is 10.6. The summed E-state index contributed by atoms with van der Waals surface area (Å²) in [4.78, 5) is 27.1. The maximum Gasteiger partial charge on any atom is 0.407 e. The largest absolute Gasteiger partial charge is 0.477 e. The molecule has 1 aromatic heterocycles. The fraction of sp³-hybridized carbons (Fsp3) is 0.240. The number of amides is 1. The number of rotatable bonds is 8. The number of nitrogens with zero attached hydrogens (tertiary/aromatic N) is 1. The zero-order valence-corrected chi connectivity index (χ0v) is 17.7. The first kappa shape index (κ1) is 22.4. The average Bonchev–Trinajstić information content (AvgIpc) is 3.16. The van der Waals surface area contributed by atoms with Crippen molar-refractivity contribution in [2.45, 2.75) is 24.5 Å². The van der Waals surface area contributed by atoms with Gasteiger partial charge in [0.05, 0.1) is 11.8 Å². The minimum Gasteiger partial charge on any atom is -0.477 e. The van der Waals surface area contributed by atoms with Crippen molar-refractivity contribution in [1.82, 2.24) is 10.3 Å². The van der Waals surface area contributed by atoms with Crippen molar-refractivity contribution >= 4 is 12.1 Å². The molecule has 33 heavy (non-hydrogen) atoms. The van der Waals surface area contributed by atoms with Crippen LogP contribution in [0.25, 0.3) is 11.1 Å². The highest BCUT2D eigenvalue weighted by atomic mass is 16.5. The second kappa shape index (κ2) is 9.81. The number of hydrogen-bond donors (Lipinski definition) is 4. The van der Waals surface area contributed by atoms with E-state index in [-0.39, 0.29) is 36.9 Å². The molecule has 1 heterocycles. The molecular weight excluding hydrogens is 424 g/mol.